The summed E-state index contributed by atoms with van der Waals surface area (Å²) < 4.78 is 0. The Labute approximate surface area is 126 Å². The molecule has 0 bridgehead atoms. The minimum absolute atomic E-state index is 0.103. The zero-order valence-corrected chi connectivity index (χ0v) is 14.7. The van der Waals surface area contributed by atoms with E-state index >= 15 is 0 Å². The highest BCUT2D eigenvalue weighted by Crippen LogP contribution is 2.41. The lowest BCUT2D eigenvalue weighted by Gasteiger charge is -2.37. The first-order chi connectivity index (χ1) is 9.18. The van der Waals surface area contributed by atoms with Crippen LogP contribution in [-0.2, 0) is 0 Å². The van der Waals surface area contributed by atoms with Gasteiger partial charge in [-0.05, 0) is 43.9 Å². The van der Waals surface area contributed by atoms with Crippen molar-refractivity contribution in [2.45, 2.75) is 92.7 Å². The first-order valence-corrected chi connectivity index (χ1v) is 8.04. The second kappa shape index (κ2) is 8.45. The Bertz CT molecular complexity index is 338. The predicted octanol–water partition coefficient (Wildman–Crippen LogP) is 5.87. The molecule has 0 N–H and O–H groups in total. The summed E-state index contributed by atoms with van der Waals surface area (Å²) in [6.07, 6.45) is 11.3. The van der Waals surface area contributed by atoms with Crippen LogP contribution in [0.25, 0.3) is 0 Å². The molecule has 0 rings (SSSR count). The maximum absolute atomic E-state index is 5.30. The summed E-state index contributed by atoms with van der Waals surface area (Å²) in [5, 5.41) is 8.48. The van der Waals surface area contributed by atoms with Crippen LogP contribution < -0.4 is 0 Å². The zero-order valence-electron chi connectivity index (χ0n) is 14.7. The van der Waals surface area contributed by atoms with Crippen LogP contribution in [0.5, 0.6) is 0 Å². The largest absolute Gasteiger partial charge is 0.190 e. The van der Waals surface area contributed by atoms with Crippen molar-refractivity contribution in [1.29, 1.82) is 0 Å². The molecule has 0 aliphatic heterocycles. The molecule has 0 saturated heterocycles. The Morgan fingerprint density at radius 3 is 2.10 bits per heavy atom. The molecular formula is C18H34N2. The van der Waals surface area contributed by atoms with E-state index in [1.807, 2.05) is 6.92 Å². The van der Waals surface area contributed by atoms with E-state index in [1.165, 1.54) is 25.7 Å². The summed E-state index contributed by atoms with van der Waals surface area (Å²) in [7, 11) is 0. The van der Waals surface area contributed by atoms with Crippen molar-refractivity contribution >= 4 is 0 Å². The number of hydrogen-bond acceptors (Lipinski definition) is 2. The normalized spacial score (nSPS) is 18.5. The second-order valence-corrected chi connectivity index (χ2v) is 7.32. The van der Waals surface area contributed by atoms with E-state index in [9.17, 15) is 0 Å². The van der Waals surface area contributed by atoms with Crippen molar-refractivity contribution in [3.8, 4) is 12.3 Å². The van der Waals surface area contributed by atoms with Crippen molar-refractivity contribution < 1.29 is 0 Å². The third kappa shape index (κ3) is 7.68. The molecule has 2 heteroatoms. The van der Waals surface area contributed by atoms with Gasteiger partial charge in [-0.25, -0.2) is 0 Å². The molecule has 3 atom stereocenters. The van der Waals surface area contributed by atoms with E-state index in [2.05, 4.69) is 57.7 Å². The van der Waals surface area contributed by atoms with Crippen molar-refractivity contribution in [2.24, 2.45) is 21.1 Å². The second-order valence-electron chi connectivity index (χ2n) is 7.32. The molecule has 0 aliphatic carbocycles. The maximum atomic E-state index is 5.30. The van der Waals surface area contributed by atoms with Gasteiger partial charge in [0.05, 0.1) is 6.04 Å². The molecule has 0 aromatic rings. The third-order valence-corrected chi connectivity index (χ3v) is 4.56. The van der Waals surface area contributed by atoms with Crippen LogP contribution in [0.3, 0.4) is 0 Å². The topological polar surface area (TPSA) is 24.7 Å². The Morgan fingerprint density at radius 2 is 1.65 bits per heavy atom. The van der Waals surface area contributed by atoms with Crippen LogP contribution in [0.15, 0.2) is 10.2 Å². The summed E-state index contributed by atoms with van der Waals surface area (Å²) in [4.78, 5) is 0. The van der Waals surface area contributed by atoms with Crippen LogP contribution in [0.2, 0.25) is 0 Å². The molecule has 20 heavy (non-hydrogen) atoms. The van der Waals surface area contributed by atoms with E-state index in [-0.39, 0.29) is 12.1 Å². The molecule has 0 fully saturated rings. The lowest BCUT2D eigenvalue weighted by atomic mass is 9.69. The Kier molecular flexibility index (Phi) is 8.09. The summed E-state index contributed by atoms with van der Waals surface area (Å²) in [6, 6.07) is 0.162. The van der Waals surface area contributed by atoms with Gasteiger partial charge < -0.3 is 0 Å². The number of azo groups is 1. The minimum atomic E-state index is -0.103. The van der Waals surface area contributed by atoms with Gasteiger partial charge in [0.15, 0.2) is 0 Å². The fraction of sp³-hybridized carbons (Fsp3) is 0.889. The number of nitrogens with zero attached hydrogens (tertiary/aromatic N) is 2. The fourth-order valence-corrected chi connectivity index (χ4v) is 2.53. The van der Waals surface area contributed by atoms with Crippen LogP contribution in [0, 0.1) is 23.2 Å². The highest BCUT2D eigenvalue weighted by molar-refractivity contribution is 4.95. The van der Waals surface area contributed by atoms with Crippen molar-refractivity contribution in [2.75, 3.05) is 0 Å². The van der Waals surface area contributed by atoms with Gasteiger partial charge in [0, 0.05) is 0 Å². The standard InChI is InChI=1S/C18H34N2/c1-9-15(4)19-20-16(5)12-13-18(8,11-3)14-17(6,7)10-2/h1,15-16H,10-14H2,2-8H3/b20-19-. The van der Waals surface area contributed by atoms with Gasteiger partial charge in [0.2, 0.25) is 0 Å². The molecule has 116 valence electrons. The summed E-state index contributed by atoms with van der Waals surface area (Å²) >= 11 is 0. The molecule has 0 amide bonds. The molecule has 0 heterocycles. The monoisotopic (exact) mass is 278 g/mol. The zero-order chi connectivity index (χ0) is 15.8. The molecule has 0 radical (unpaired) electrons. The van der Waals surface area contributed by atoms with Crippen LogP contribution >= 0.6 is 0 Å². The van der Waals surface area contributed by atoms with Crippen LogP contribution in [0.1, 0.15) is 80.6 Å². The molecule has 0 aliphatic rings. The summed E-state index contributed by atoms with van der Waals surface area (Å²) in [6.45, 7) is 15.8. The lowest BCUT2D eigenvalue weighted by molar-refractivity contribution is 0.147. The SMILES string of the molecule is C#CC(C)/N=N\C(C)CCC(C)(CC)CC(C)(C)CC. The highest BCUT2D eigenvalue weighted by atomic mass is 15.1. The molecule has 0 saturated carbocycles. The van der Waals surface area contributed by atoms with Crippen molar-refractivity contribution in [3.05, 3.63) is 0 Å². The predicted molar refractivity (Wildman–Crippen MR) is 88.9 cm³/mol. The average molecular weight is 278 g/mol. The van der Waals surface area contributed by atoms with E-state index in [0.717, 1.165) is 6.42 Å². The third-order valence-electron chi connectivity index (χ3n) is 4.56. The Morgan fingerprint density at radius 1 is 1.05 bits per heavy atom. The molecule has 0 spiro atoms. The highest BCUT2D eigenvalue weighted by Gasteiger charge is 2.30. The number of rotatable bonds is 9. The van der Waals surface area contributed by atoms with E-state index in [1.54, 1.807) is 0 Å². The molecular weight excluding hydrogens is 244 g/mol. The van der Waals surface area contributed by atoms with Gasteiger partial charge in [0.1, 0.15) is 6.04 Å². The fourth-order valence-electron chi connectivity index (χ4n) is 2.53. The van der Waals surface area contributed by atoms with Gasteiger partial charge in [-0.15, -0.1) is 6.42 Å². The number of hydrogen-bond donors (Lipinski definition) is 0. The van der Waals surface area contributed by atoms with E-state index in [4.69, 9.17) is 6.42 Å². The summed E-state index contributed by atoms with van der Waals surface area (Å²) in [5.74, 6) is 2.58. The molecule has 0 aromatic carbocycles. The van der Waals surface area contributed by atoms with Gasteiger partial charge in [0.25, 0.3) is 0 Å². The lowest BCUT2D eigenvalue weighted by Crippen LogP contribution is -2.25. The minimum Gasteiger partial charge on any atom is -0.190 e. The van der Waals surface area contributed by atoms with Crippen molar-refractivity contribution in [3.63, 3.8) is 0 Å². The van der Waals surface area contributed by atoms with Crippen LogP contribution in [0.4, 0.5) is 0 Å². The first kappa shape index (κ1) is 19.2. The molecule has 3 unspecified atom stereocenters. The van der Waals surface area contributed by atoms with Gasteiger partial charge in [-0.1, -0.05) is 53.4 Å². The van der Waals surface area contributed by atoms with Crippen LogP contribution in [-0.4, -0.2) is 12.1 Å². The average Bonchev–Trinajstić information content (AvgIpc) is 2.42. The maximum Gasteiger partial charge on any atom is 0.128 e. The molecule has 2 nitrogen and oxygen atoms in total. The first-order valence-electron chi connectivity index (χ1n) is 8.04. The van der Waals surface area contributed by atoms with Gasteiger partial charge in [-0.2, -0.15) is 10.2 Å². The van der Waals surface area contributed by atoms with E-state index < -0.39 is 0 Å². The Hall–Kier alpha value is -0.840. The smallest absolute Gasteiger partial charge is 0.128 e. The Balaban J connectivity index is 4.44. The van der Waals surface area contributed by atoms with Gasteiger partial charge >= 0.3 is 0 Å². The number of terminal acetylenes is 1. The molecule has 0 aromatic heterocycles. The van der Waals surface area contributed by atoms with Crippen molar-refractivity contribution in [1.82, 2.24) is 0 Å². The van der Waals surface area contributed by atoms with E-state index in [0.29, 0.717) is 10.8 Å². The van der Waals surface area contributed by atoms with Gasteiger partial charge in [-0.3, -0.25) is 0 Å². The quantitative estimate of drug-likeness (QED) is 0.372. The summed E-state index contributed by atoms with van der Waals surface area (Å²) in [5.41, 5.74) is 0.828.